The molecule has 4 rings (SSSR count). The van der Waals surface area contributed by atoms with E-state index in [9.17, 15) is 14.4 Å². The van der Waals surface area contributed by atoms with Crippen LogP contribution in [-0.4, -0.2) is 20.9 Å². The average Bonchev–Trinajstić information content (AvgIpc) is 3.36. The van der Waals surface area contributed by atoms with Gasteiger partial charge in [0.15, 0.2) is 5.54 Å². The number of hydrogen-bond acceptors (Lipinski definition) is 4. The summed E-state index contributed by atoms with van der Waals surface area (Å²) in [6.07, 6.45) is 8.87. The smallest absolute Gasteiger partial charge is 0.251 e. The van der Waals surface area contributed by atoms with Gasteiger partial charge in [0.05, 0.1) is 18.3 Å². The Balaban J connectivity index is 1.58. The summed E-state index contributed by atoms with van der Waals surface area (Å²) < 4.78 is 14.8. The van der Waals surface area contributed by atoms with Crippen LogP contribution in [0.15, 0.2) is 30.5 Å². The summed E-state index contributed by atoms with van der Waals surface area (Å²) in [4.78, 5) is 12.7. The second kappa shape index (κ2) is 7.10. The Morgan fingerprint density at radius 1 is 1.26 bits per heavy atom. The van der Waals surface area contributed by atoms with E-state index in [-0.39, 0.29) is 23.7 Å². The molecular formula is C20H22FN5O. The van der Waals surface area contributed by atoms with E-state index in [1.807, 2.05) is 0 Å². The minimum absolute atomic E-state index is 0.249. The van der Waals surface area contributed by atoms with Crippen molar-refractivity contribution >= 4 is 5.91 Å². The molecule has 0 saturated heterocycles. The lowest BCUT2D eigenvalue weighted by atomic mass is 9.82. The Morgan fingerprint density at radius 2 is 1.96 bits per heavy atom. The molecule has 7 heteroatoms. The fraction of sp³-hybridized carbons (Fsp3) is 0.500. The number of carbonyl (C=O) groups is 1. The Bertz CT molecular complexity index is 859. The molecule has 2 saturated carbocycles. The molecular weight excluding hydrogens is 345 g/mol. The van der Waals surface area contributed by atoms with Gasteiger partial charge in [-0.1, -0.05) is 24.5 Å². The average molecular weight is 367 g/mol. The fourth-order valence-corrected chi connectivity index (χ4v) is 3.87. The largest absolute Gasteiger partial charge is 0.343 e. The van der Waals surface area contributed by atoms with Crippen molar-refractivity contribution in [2.24, 2.45) is 5.92 Å². The number of nitrogens with one attached hydrogen (secondary N) is 1. The van der Waals surface area contributed by atoms with Gasteiger partial charge in [0, 0.05) is 5.56 Å². The first-order valence-electron chi connectivity index (χ1n) is 9.52. The lowest BCUT2D eigenvalue weighted by Gasteiger charge is -2.29. The van der Waals surface area contributed by atoms with Crippen LogP contribution >= 0.6 is 0 Å². The van der Waals surface area contributed by atoms with Crippen LogP contribution in [0.5, 0.6) is 0 Å². The predicted molar refractivity (Wildman–Crippen MR) is 96.0 cm³/mol. The van der Waals surface area contributed by atoms with Crippen LogP contribution in [0.4, 0.5) is 4.39 Å². The van der Waals surface area contributed by atoms with Crippen molar-refractivity contribution in [2.45, 2.75) is 56.5 Å². The molecule has 2 aliphatic rings. The van der Waals surface area contributed by atoms with Gasteiger partial charge in [-0.2, -0.15) is 5.26 Å². The molecule has 0 spiro atoms. The summed E-state index contributed by atoms with van der Waals surface area (Å²) in [6.45, 7) is 0. The second-order valence-electron chi connectivity index (χ2n) is 7.59. The van der Waals surface area contributed by atoms with Crippen LogP contribution in [0.1, 0.15) is 67.0 Å². The molecule has 1 amide bonds. The van der Waals surface area contributed by atoms with Crippen molar-refractivity contribution in [1.29, 1.82) is 5.26 Å². The highest BCUT2D eigenvalue weighted by atomic mass is 19.1. The summed E-state index contributed by atoms with van der Waals surface area (Å²) in [7, 11) is 0. The number of aromatic nitrogens is 3. The maximum absolute atomic E-state index is 13.1. The third-order valence-electron chi connectivity index (χ3n) is 5.71. The van der Waals surface area contributed by atoms with Crippen molar-refractivity contribution in [3.8, 4) is 6.07 Å². The number of hydrogen-bond donors (Lipinski definition) is 1. The van der Waals surface area contributed by atoms with Crippen molar-refractivity contribution in [2.75, 3.05) is 0 Å². The number of nitriles is 1. The first kappa shape index (κ1) is 17.7. The molecule has 0 bridgehead atoms. The van der Waals surface area contributed by atoms with Crippen molar-refractivity contribution in [3.05, 3.63) is 47.5 Å². The minimum atomic E-state index is -0.566. The van der Waals surface area contributed by atoms with E-state index < -0.39 is 5.54 Å². The molecule has 1 heterocycles. The van der Waals surface area contributed by atoms with Crippen LogP contribution in [0, 0.1) is 23.1 Å². The zero-order chi connectivity index (χ0) is 18.9. The van der Waals surface area contributed by atoms with Crippen LogP contribution in [0.3, 0.4) is 0 Å². The Morgan fingerprint density at radius 3 is 2.59 bits per heavy atom. The summed E-state index contributed by atoms with van der Waals surface area (Å²) >= 11 is 0. The summed E-state index contributed by atoms with van der Waals surface area (Å²) in [5.41, 5.74) is 0.544. The summed E-state index contributed by atoms with van der Waals surface area (Å²) in [5.74, 6) is -0.336. The van der Waals surface area contributed by atoms with Gasteiger partial charge in [0.25, 0.3) is 5.91 Å². The highest BCUT2D eigenvalue weighted by molar-refractivity contribution is 5.94. The van der Waals surface area contributed by atoms with Crippen LogP contribution in [0.25, 0.3) is 0 Å². The van der Waals surface area contributed by atoms with Gasteiger partial charge < -0.3 is 5.32 Å². The molecule has 27 heavy (non-hydrogen) atoms. The molecule has 140 valence electrons. The molecule has 1 unspecified atom stereocenters. The van der Waals surface area contributed by atoms with Crippen molar-refractivity contribution in [1.82, 2.24) is 20.3 Å². The van der Waals surface area contributed by atoms with Gasteiger partial charge >= 0.3 is 0 Å². The predicted octanol–water partition coefficient (Wildman–Crippen LogP) is 3.48. The standard InChI is InChI=1S/C20H22FN5O/c21-16-8-6-15(7-9-16)19(27)23-18(14-4-2-1-3-5-14)17-12-26(25-24-17)20(13-22)10-11-20/h6-9,12,14,18H,1-5,10-11H2,(H,23,27). The molecule has 2 fully saturated rings. The minimum Gasteiger partial charge on any atom is -0.343 e. The molecule has 2 aromatic rings. The SMILES string of the molecule is N#CC1(n2cc(C(NC(=O)c3ccc(F)cc3)C3CCCCC3)nn2)CC1. The molecule has 0 radical (unpaired) electrons. The number of carbonyl (C=O) groups excluding carboxylic acids is 1. The van der Waals surface area contributed by atoms with Gasteiger partial charge in [-0.05, 0) is 55.9 Å². The van der Waals surface area contributed by atoms with Crippen molar-refractivity contribution in [3.63, 3.8) is 0 Å². The van der Waals surface area contributed by atoms with E-state index in [4.69, 9.17) is 0 Å². The third kappa shape index (κ3) is 3.57. The highest BCUT2D eigenvalue weighted by Crippen LogP contribution is 2.42. The second-order valence-corrected chi connectivity index (χ2v) is 7.59. The molecule has 6 nitrogen and oxygen atoms in total. The number of rotatable bonds is 5. The van der Waals surface area contributed by atoms with Crippen LogP contribution in [-0.2, 0) is 5.54 Å². The first-order valence-corrected chi connectivity index (χ1v) is 9.52. The van der Waals surface area contributed by atoms with Crippen molar-refractivity contribution < 1.29 is 9.18 Å². The van der Waals surface area contributed by atoms with Gasteiger partial charge in [0.2, 0.25) is 0 Å². The Kier molecular flexibility index (Phi) is 4.65. The Hall–Kier alpha value is -2.75. The number of halogens is 1. The first-order chi connectivity index (χ1) is 13.1. The third-order valence-corrected chi connectivity index (χ3v) is 5.71. The lowest BCUT2D eigenvalue weighted by Crippen LogP contribution is -2.34. The normalized spacial score (nSPS) is 19.9. The fourth-order valence-electron chi connectivity index (χ4n) is 3.87. The van der Waals surface area contributed by atoms with E-state index in [1.165, 1.54) is 30.7 Å². The molecule has 1 aromatic carbocycles. The van der Waals surface area contributed by atoms with E-state index in [0.29, 0.717) is 11.3 Å². The zero-order valence-electron chi connectivity index (χ0n) is 15.1. The zero-order valence-corrected chi connectivity index (χ0v) is 15.1. The molecule has 0 aliphatic heterocycles. The maximum atomic E-state index is 13.1. The van der Waals surface area contributed by atoms with E-state index >= 15 is 0 Å². The number of amides is 1. The lowest BCUT2D eigenvalue weighted by molar-refractivity contribution is 0.0911. The quantitative estimate of drug-likeness (QED) is 0.877. The van der Waals surface area contributed by atoms with E-state index in [1.54, 1.807) is 10.9 Å². The summed E-state index contributed by atoms with van der Waals surface area (Å²) in [5, 5.41) is 20.9. The number of benzene rings is 1. The van der Waals surface area contributed by atoms with E-state index in [2.05, 4.69) is 21.7 Å². The van der Waals surface area contributed by atoms with Crippen LogP contribution in [0.2, 0.25) is 0 Å². The van der Waals surface area contributed by atoms with E-state index in [0.717, 1.165) is 38.5 Å². The monoisotopic (exact) mass is 367 g/mol. The van der Waals surface area contributed by atoms with Gasteiger partial charge in [-0.25, -0.2) is 9.07 Å². The highest BCUT2D eigenvalue weighted by Gasteiger charge is 2.47. The van der Waals surface area contributed by atoms with Gasteiger partial charge in [-0.15, -0.1) is 5.10 Å². The molecule has 1 N–H and O–H groups in total. The topological polar surface area (TPSA) is 83.6 Å². The summed E-state index contributed by atoms with van der Waals surface area (Å²) in [6, 6.07) is 7.58. The molecule has 2 aliphatic carbocycles. The molecule has 1 aromatic heterocycles. The van der Waals surface area contributed by atoms with Gasteiger partial charge in [0.1, 0.15) is 11.5 Å². The van der Waals surface area contributed by atoms with Crippen LogP contribution < -0.4 is 5.32 Å². The number of nitrogens with zero attached hydrogens (tertiary/aromatic N) is 4. The Labute approximate surface area is 157 Å². The van der Waals surface area contributed by atoms with Gasteiger partial charge in [-0.3, -0.25) is 4.79 Å². The molecule has 1 atom stereocenters. The maximum Gasteiger partial charge on any atom is 0.251 e.